The molecule has 4 atom stereocenters. The van der Waals surface area contributed by atoms with Crippen LogP contribution in [0.1, 0.15) is 30.4 Å². The van der Waals surface area contributed by atoms with Crippen LogP contribution in [0.5, 0.6) is 11.5 Å². The maximum atomic E-state index is 10.4. The molecule has 104 valence electrons. The lowest BCUT2D eigenvalue weighted by molar-refractivity contribution is -0.224. The number of nitrogens with zero attached hydrogens (tertiary/aromatic N) is 1. The first-order chi connectivity index (χ1) is 9.60. The Bertz CT molecular complexity index is 667. The van der Waals surface area contributed by atoms with E-state index >= 15 is 0 Å². The number of likely N-dealkylation sites (N-methyl/N-ethyl adjacent to an activating group) is 1. The second kappa shape index (κ2) is 3.06. The molecule has 2 bridgehead atoms. The molecule has 2 fully saturated rings. The third-order valence-corrected chi connectivity index (χ3v) is 6.60. The predicted molar refractivity (Wildman–Crippen MR) is 75.9 cm³/mol. The average molecular weight is 269 g/mol. The molecule has 2 spiro atoms. The highest BCUT2D eigenvalue weighted by atomic mass is 16.3. The van der Waals surface area contributed by atoms with E-state index in [-0.39, 0.29) is 22.5 Å². The van der Waals surface area contributed by atoms with Gasteiger partial charge in [-0.05, 0) is 44.4 Å². The van der Waals surface area contributed by atoms with Crippen LogP contribution in [0.2, 0.25) is 0 Å². The molecule has 4 aliphatic rings. The Morgan fingerprint density at radius 3 is 3.00 bits per heavy atom. The van der Waals surface area contributed by atoms with Gasteiger partial charge in [-0.3, -0.25) is 4.90 Å². The van der Waals surface area contributed by atoms with Crippen molar-refractivity contribution in [1.29, 1.82) is 0 Å². The summed E-state index contributed by atoms with van der Waals surface area (Å²) in [5.74, 6) is 0.809. The van der Waals surface area contributed by atoms with Crippen molar-refractivity contribution in [3.8, 4) is 11.5 Å². The van der Waals surface area contributed by atoms with Crippen molar-refractivity contribution in [2.75, 3.05) is 7.05 Å². The van der Waals surface area contributed by atoms with E-state index in [0.717, 1.165) is 31.2 Å². The van der Waals surface area contributed by atoms with Gasteiger partial charge in [0, 0.05) is 28.5 Å². The number of hydrogen-bond donors (Lipinski definition) is 2. The first-order valence-electron chi connectivity index (χ1n) is 7.55. The van der Waals surface area contributed by atoms with Crippen LogP contribution < -0.4 is 0 Å². The topological polar surface area (TPSA) is 43.7 Å². The average Bonchev–Trinajstić information content (AvgIpc) is 2.71. The monoisotopic (exact) mass is 269 g/mol. The molecule has 4 unspecified atom stereocenters. The molecule has 0 aromatic heterocycles. The highest BCUT2D eigenvalue weighted by molar-refractivity contribution is 5.61. The fourth-order valence-electron chi connectivity index (χ4n) is 5.92. The van der Waals surface area contributed by atoms with E-state index in [1.807, 2.05) is 6.07 Å². The predicted octanol–water partition coefficient (Wildman–Crippen LogP) is 2.31. The van der Waals surface area contributed by atoms with Gasteiger partial charge in [0.25, 0.3) is 0 Å². The van der Waals surface area contributed by atoms with Crippen LogP contribution in [0.3, 0.4) is 0 Å². The summed E-state index contributed by atoms with van der Waals surface area (Å²) < 4.78 is 0. The van der Waals surface area contributed by atoms with Crippen molar-refractivity contribution in [2.24, 2.45) is 5.92 Å². The van der Waals surface area contributed by atoms with Crippen molar-refractivity contribution in [3.05, 3.63) is 35.4 Å². The molecule has 20 heavy (non-hydrogen) atoms. The van der Waals surface area contributed by atoms with Crippen molar-refractivity contribution in [2.45, 2.75) is 42.7 Å². The van der Waals surface area contributed by atoms with Crippen LogP contribution in [0.4, 0.5) is 0 Å². The Kier molecular flexibility index (Phi) is 1.72. The Hall–Kier alpha value is -1.48. The summed E-state index contributed by atoms with van der Waals surface area (Å²) in [5.41, 5.74) is 2.63. The number of likely N-dealkylation sites (tertiary alicyclic amines) is 1. The molecule has 2 N–H and O–H groups in total. The first-order valence-corrected chi connectivity index (χ1v) is 7.55. The van der Waals surface area contributed by atoms with E-state index in [9.17, 15) is 10.2 Å². The van der Waals surface area contributed by atoms with Crippen LogP contribution in [-0.4, -0.2) is 33.7 Å². The second-order valence-electron chi connectivity index (χ2n) is 7.09. The summed E-state index contributed by atoms with van der Waals surface area (Å²) in [4.78, 5) is 2.53. The lowest BCUT2D eigenvalue weighted by Crippen LogP contribution is -2.85. The summed E-state index contributed by atoms with van der Waals surface area (Å²) in [6, 6.07) is 4.26. The molecule has 1 aromatic carbocycles. The van der Waals surface area contributed by atoms with Crippen LogP contribution in [0.15, 0.2) is 24.3 Å². The van der Waals surface area contributed by atoms with Crippen molar-refractivity contribution in [3.63, 3.8) is 0 Å². The Morgan fingerprint density at radius 2 is 2.15 bits per heavy atom. The number of hydrogen-bond acceptors (Lipinski definition) is 3. The van der Waals surface area contributed by atoms with Crippen molar-refractivity contribution < 1.29 is 10.2 Å². The minimum atomic E-state index is 0.0407. The molecule has 1 saturated heterocycles. The largest absolute Gasteiger partial charge is 0.504 e. The number of piperidine rings is 1. The third kappa shape index (κ3) is 0.899. The fraction of sp³-hybridized carbons (Fsp3) is 0.529. The number of phenolic OH excluding ortho intramolecular Hbond substituents is 2. The van der Waals surface area contributed by atoms with Crippen LogP contribution in [0, 0.1) is 5.92 Å². The molecule has 0 radical (unpaired) electrons. The second-order valence-corrected chi connectivity index (χ2v) is 7.09. The van der Waals surface area contributed by atoms with E-state index in [1.165, 1.54) is 5.56 Å². The standard InChI is InChI=1S/C17H19NO2/c1-18-11-8-10-4-5-12(19)14(20)13(10)16-6-2-3-7-17(18,9-16)15(11)16/h3-5,7,11,15,19-20H,2,6,8-9H2,1H3. The number of allylic oxidation sites excluding steroid dienone is 1. The van der Waals surface area contributed by atoms with E-state index in [1.54, 1.807) is 6.07 Å². The molecule has 1 aliphatic heterocycles. The van der Waals surface area contributed by atoms with E-state index < -0.39 is 0 Å². The minimum absolute atomic E-state index is 0.0407. The van der Waals surface area contributed by atoms with Gasteiger partial charge in [-0.2, -0.15) is 0 Å². The van der Waals surface area contributed by atoms with Crippen molar-refractivity contribution >= 4 is 0 Å². The Labute approximate surface area is 118 Å². The zero-order valence-corrected chi connectivity index (χ0v) is 11.6. The van der Waals surface area contributed by atoms with Gasteiger partial charge in [-0.15, -0.1) is 0 Å². The highest BCUT2D eigenvalue weighted by Gasteiger charge is 2.76. The zero-order chi connectivity index (χ0) is 13.7. The first kappa shape index (κ1) is 11.2. The van der Waals surface area contributed by atoms with Crippen molar-refractivity contribution in [1.82, 2.24) is 4.90 Å². The van der Waals surface area contributed by atoms with Gasteiger partial charge in [0.2, 0.25) is 0 Å². The molecular formula is C17H19NO2. The quantitative estimate of drug-likeness (QED) is 0.561. The molecular weight excluding hydrogens is 250 g/mol. The number of rotatable bonds is 0. The van der Waals surface area contributed by atoms with E-state index in [4.69, 9.17) is 0 Å². The van der Waals surface area contributed by atoms with E-state index in [2.05, 4.69) is 24.1 Å². The van der Waals surface area contributed by atoms with Gasteiger partial charge in [0.15, 0.2) is 11.5 Å². The molecule has 1 heterocycles. The third-order valence-electron chi connectivity index (χ3n) is 6.60. The Morgan fingerprint density at radius 1 is 1.30 bits per heavy atom. The number of benzene rings is 1. The summed E-state index contributed by atoms with van der Waals surface area (Å²) in [5, 5.41) is 20.4. The smallest absolute Gasteiger partial charge is 0.161 e. The van der Waals surface area contributed by atoms with Gasteiger partial charge >= 0.3 is 0 Å². The maximum absolute atomic E-state index is 10.4. The minimum Gasteiger partial charge on any atom is -0.504 e. The number of phenols is 2. The molecule has 5 rings (SSSR count). The lowest BCUT2D eigenvalue weighted by Gasteiger charge is -2.78. The van der Waals surface area contributed by atoms with Crippen LogP contribution in [0.25, 0.3) is 0 Å². The van der Waals surface area contributed by atoms with Crippen LogP contribution >= 0.6 is 0 Å². The number of fused-ring (bicyclic) bond motifs is 1. The molecule has 0 amide bonds. The Balaban J connectivity index is 1.78. The molecule has 3 aliphatic carbocycles. The summed E-state index contributed by atoms with van der Waals surface area (Å²) >= 11 is 0. The molecule has 3 heteroatoms. The van der Waals surface area contributed by atoms with Gasteiger partial charge < -0.3 is 10.2 Å². The zero-order valence-electron chi connectivity index (χ0n) is 11.6. The van der Waals surface area contributed by atoms with Crippen LogP contribution in [-0.2, 0) is 11.8 Å². The maximum Gasteiger partial charge on any atom is 0.161 e. The normalized spacial score (nSPS) is 43.9. The highest BCUT2D eigenvalue weighted by Crippen LogP contribution is 2.73. The van der Waals surface area contributed by atoms with Gasteiger partial charge in [0.1, 0.15) is 0 Å². The SMILES string of the molecule is CN1C2Cc3ccc(O)c(O)c3C34CCC=CC1(C3)C24. The van der Waals surface area contributed by atoms with Gasteiger partial charge in [-0.25, -0.2) is 0 Å². The summed E-state index contributed by atoms with van der Waals surface area (Å²) in [6.45, 7) is 0. The molecule has 1 aromatic rings. The van der Waals surface area contributed by atoms with Gasteiger partial charge in [0.05, 0.1) is 0 Å². The molecule has 3 nitrogen and oxygen atoms in total. The molecule has 1 saturated carbocycles. The van der Waals surface area contributed by atoms with Gasteiger partial charge in [-0.1, -0.05) is 18.2 Å². The lowest BCUT2D eigenvalue weighted by atomic mass is 9.36. The number of aromatic hydroxyl groups is 2. The summed E-state index contributed by atoms with van der Waals surface area (Å²) in [7, 11) is 2.24. The van der Waals surface area contributed by atoms with E-state index in [0.29, 0.717) is 12.0 Å². The fourth-order valence-corrected chi connectivity index (χ4v) is 5.92. The summed E-state index contributed by atoms with van der Waals surface area (Å²) in [6.07, 6.45) is 9.00.